The van der Waals surface area contributed by atoms with Crippen LogP contribution in [0.4, 0.5) is 0 Å². The zero-order chi connectivity index (χ0) is 15.4. The van der Waals surface area contributed by atoms with Gasteiger partial charge in [0.05, 0.1) is 15.2 Å². The van der Waals surface area contributed by atoms with E-state index in [-0.39, 0.29) is 0 Å². The molecule has 22 heavy (non-hydrogen) atoms. The van der Waals surface area contributed by atoms with Crippen LogP contribution in [0.25, 0.3) is 10.2 Å². The second-order valence-corrected chi connectivity index (χ2v) is 7.85. The molecule has 2 nitrogen and oxygen atoms in total. The normalized spacial score (nSPS) is 18.8. The number of para-hydroxylation sites is 1. The molecule has 1 fully saturated rings. The van der Waals surface area contributed by atoms with Gasteiger partial charge in [0.25, 0.3) is 0 Å². The number of hydrogen-bond acceptors (Lipinski definition) is 3. The highest BCUT2D eigenvalue weighted by Crippen LogP contribution is 2.26. The van der Waals surface area contributed by atoms with Gasteiger partial charge in [0.2, 0.25) is 0 Å². The van der Waals surface area contributed by atoms with Gasteiger partial charge in [-0.1, -0.05) is 31.9 Å². The number of aromatic nitrogens is 1. The molecule has 2 heterocycles. The monoisotopic (exact) mass is 316 g/mol. The Morgan fingerprint density at radius 3 is 2.77 bits per heavy atom. The minimum atomic E-state index is 0.689. The Morgan fingerprint density at radius 1 is 1.27 bits per heavy atom. The fourth-order valence-electron chi connectivity index (χ4n) is 3.63. The Morgan fingerprint density at radius 2 is 2.05 bits per heavy atom. The van der Waals surface area contributed by atoms with Crippen LogP contribution >= 0.6 is 11.3 Å². The van der Waals surface area contributed by atoms with E-state index in [9.17, 15) is 0 Å². The van der Waals surface area contributed by atoms with E-state index >= 15 is 0 Å². The van der Waals surface area contributed by atoms with Gasteiger partial charge in [-0.15, -0.1) is 11.3 Å². The molecule has 3 heteroatoms. The van der Waals surface area contributed by atoms with Gasteiger partial charge in [0, 0.05) is 12.5 Å². The van der Waals surface area contributed by atoms with Crippen molar-refractivity contribution in [1.29, 1.82) is 0 Å². The Hall–Kier alpha value is -0.930. The number of fused-ring (bicyclic) bond motifs is 1. The summed E-state index contributed by atoms with van der Waals surface area (Å²) in [4.78, 5) is 7.46. The van der Waals surface area contributed by atoms with E-state index in [1.165, 1.54) is 54.9 Å². The molecule has 120 valence electrons. The van der Waals surface area contributed by atoms with Gasteiger partial charge < -0.3 is 4.90 Å². The maximum Gasteiger partial charge on any atom is 0.0939 e. The van der Waals surface area contributed by atoms with Gasteiger partial charge in [-0.3, -0.25) is 0 Å². The minimum Gasteiger partial charge on any atom is -0.301 e. The van der Waals surface area contributed by atoms with Gasteiger partial charge in [-0.2, -0.15) is 0 Å². The molecule has 0 radical (unpaired) electrons. The van der Waals surface area contributed by atoms with Gasteiger partial charge in [-0.25, -0.2) is 4.98 Å². The van der Waals surface area contributed by atoms with E-state index in [1.54, 1.807) is 0 Å². The Balaban J connectivity index is 1.49. The maximum absolute atomic E-state index is 4.77. The Labute approximate surface area is 138 Å². The van der Waals surface area contributed by atoms with Crippen molar-refractivity contribution in [3.8, 4) is 0 Å². The molecule has 1 atom stereocenters. The summed E-state index contributed by atoms with van der Waals surface area (Å²) >= 11 is 1.86. The van der Waals surface area contributed by atoms with Crippen LogP contribution in [-0.2, 0) is 6.42 Å². The van der Waals surface area contributed by atoms with Gasteiger partial charge in [-0.05, 0) is 57.3 Å². The van der Waals surface area contributed by atoms with Crippen LogP contribution in [0.2, 0.25) is 0 Å². The third kappa shape index (κ3) is 3.88. The molecule has 0 N–H and O–H groups in total. The van der Waals surface area contributed by atoms with E-state index in [0.29, 0.717) is 6.04 Å². The first-order valence-electron chi connectivity index (χ1n) is 8.84. The average Bonchev–Trinajstić information content (AvgIpc) is 2.96. The molecule has 0 spiro atoms. The van der Waals surface area contributed by atoms with Crippen molar-refractivity contribution < 1.29 is 0 Å². The standard InChI is InChI=1S/C19H28N2S/c1-3-6-16-11-13-21(14-12-16)15(2)9-10-19-20-17-7-4-5-8-18(17)22-19/h4-5,7-8,15-16H,3,6,9-14H2,1-2H3. The molecule has 1 aromatic heterocycles. The van der Waals surface area contributed by atoms with Crippen molar-refractivity contribution in [2.45, 2.75) is 58.4 Å². The summed E-state index contributed by atoms with van der Waals surface area (Å²) in [6.45, 7) is 7.30. The van der Waals surface area contributed by atoms with Crippen LogP contribution in [0.1, 0.15) is 51.0 Å². The Kier molecular flexibility index (Phi) is 5.48. The lowest BCUT2D eigenvalue weighted by molar-refractivity contribution is 0.132. The molecule has 1 aliphatic rings. The molecule has 1 aromatic carbocycles. The van der Waals surface area contributed by atoms with Crippen molar-refractivity contribution >= 4 is 21.6 Å². The summed E-state index contributed by atoms with van der Waals surface area (Å²) in [5.74, 6) is 0.984. The molecule has 0 aliphatic carbocycles. The molecule has 1 saturated heterocycles. The number of benzene rings is 1. The first kappa shape index (κ1) is 15.9. The fraction of sp³-hybridized carbons (Fsp3) is 0.632. The van der Waals surface area contributed by atoms with Crippen molar-refractivity contribution in [3.63, 3.8) is 0 Å². The van der Waals surface area contributed by atoms with Crippen molar-refractivity contribution in [1.82, 2.24) is 9.88 Å². The summed E-state index contributed by atoms with van der Waals surface area (Å²) in [7, 11) is 0. The van der Waals surface area contributed by atoms with E-state index < -0.39 is 0 Å². The molecule has 3 rings (SSSR count). The predicted octanol–water partition coefficient (Wildman–Crippen LogP) is 5.13. The number of aryl methyl sites for hydroxylation is 1. The summed E-state index contributed by atoms with van der Waals surface area (Å²) in [6.07, 6.45) is 7.93. The van der Waals surface area contributed by atoms with Gasteiger partial charge in [0.15, 0.2) is 0 Å². The zero-order valence-corrected chi connectivity index (χ0v) is 14.7. The highest BCUT2D eigenvalue weighted by atomic mass is 32.1. The maximum atomic E-state index is 4.77. The lowest BCUT2D eigenvalue weighted by Crippen LogP contribution is -2.40. The van der Waals surface area contributed by atoms with Crippen LogP contribution in [0.15, 0.2) is 24.3 Å². The number of likely N-dealkylation sites (tertiary alicyclic amines) is 1. The second-order valence-electron chi connectivity index (χ2n) is 6.73. The van der Waals surface area contributed by atoms with Crippen LogP contribution in [0.3, 0.4) is 0 Å². The van der Waals surface area contributed by atoms with Crippen molar-refractivity contribution in [2.24, 2.45) is 5.92 Å². The lowest BCUT2D eigenvalue weighted by Gasteiger charge is -2.36. The van der Waals surface area contributed by atoms with E-state index in [2.05, 4.69) is 43.0 Å². The third-order valence-corrected chi connectivity index (χ3v) is 6.18. The lowest BCUT2D eigenvalue weighted by atomic mass is 9.91. The molecular formula is C19H28N2S. The fourth-order valence-corrected chi connectivity index (χ4v) is 4.62. The molecule has 2 aromatic rings. The van der Waals surface area contributed by atoms with Gasteiger partial charge >= 0.3 is 0 Å². The molecule has 0 saturated carbocycles. The molecular weight excluding hydrogens is 288 g/mol. The largest absolute Gasteiger partial charge is 0.301 e. The summed E-state index contributed by atoms with van der Waals surface area (Å²) in [6, 6.07) is 9.17. The summed E-state index contributed by atoms with van der Waals surface area (Å²) in [5, 5.41) is 1.30. The van der Waals surface area contributed by atoms with E-state index in [0.717, 1.165) is 17.9 Å². The minimum absolute atomic E-state index is 0.689. The van der Waals surface area contributed by atoms with Crippen LogP contribution in [-0.4, -0.2) is 29.0 Å². The highest BCUT2D eigenvalue weighted by Gasteiger charge is 2.22. The predicted molar refractivity (Wildman–Crippen MR) is 96.6 cm³/mol. The van der Waals surface area contributed by atoms with Crippen molar-refractivity contribution in [2.75, 3.05) is 13.1 Å². The highest BCUT2D eigenvalue weighted by molar-refractivity contribution is 7.18. The summed E-state index contributed by atoms with van der Waals surface area (Å²) < 4.78 is 1.32. The summed E-state index contributed by atoms with van der Waals surface area (Å²) in [5.41, 5.74) is 1.16. The quantitative estimate of drug-likeness (QED) is 0.734. The number of nitrogens with zero attached hydrogens (tertiary/aromatic N) is 2. The first-order chi connectivity index (χ1) is 10.8. The molecule has 0 bridgehead atoms. The van der Waals surface area contributed by atoms with Crippen molar-refractivity contribution in [3.05, 3.63) is 29.3 Å². The first-order valence-corrected chi connectivity index (χ1v) is 9.66. The second kappa shape index (κ2) is 7.56. The van der Waals surface area contributed by atoms with E-state index in [1.807, 2.05) is 11.3 Å². The molecule has 0 amide bonds. The molecule has 1 aliphatic heterocycles. The molecule has 1 unspecified atom stereocenters. The van der Waals surface area contributed by atoms with Crippen LogP contribution in [0, 0.1) is 5.92 Å². The topological polar surface area (TPSA) is 16.1 Å². The third-order valence-electron chi connectivity index (χ3n) is 5.08. The Bertz CT molecular complexity index is 551. The average molecular weight is 317 g/mol. The SMILES string of the molecule is CCCC1CCN(C(C)CCc2nc3ccccc3s2)CC1. The van der Waals surface area contributed by atoms with Crippen LogP contribution < -0.4 is 0 Å². The van der Waals surface area contributed by atoms with Gasteiger partial charge in [0.1, 0.15) is 0 Å². The van der Waals surface area contributed by atoms with Crippen LogP contribution in [0.5, 0.6) is 0 Å². The number of hydrogen-bond donors (Lipinski definition) is 0. The van der Waals surface area contributed by atoms with E-state index in [4.69, 9.17) is 4.98 Å². The number of piperidine rings is 1. The zero-order valence-electron chi connectivity index (χ0n) is 13.9. The number of thiazole rings is 1. The number of rotatable bonds is 6. The smallest absolute Gasteiger partial charge is 0.0939 e.